The molecule has 2 rings (SSSR count). The Balaban J connectivity index is 2.03. The molecule has 1 N–H and O–H groups in total. The quantitative estimate of drug-likeness (QED) is 0.839. The first-order valence-electron chi connectivity index (χ1n) is 6.09. The molecule has 1 aliphatic carbocycles. The van der Waals surface area contributed by atoms with Gasteiger partial charge in [0.1, 0.15) is 0 Å². The van der Waals surface area contributed by atoms with Crippen molar-refractivity contribution >= 4 is 17.7 Å². The van der Waals surface area contributed by atoms with Crippen LogP contribution in [0.25, 0.3) is 0 Å². The van der Waals surface area contributed by atoms with Gasteiger partial charge in [0, 0.05) is 5.75 Å². The number of carboxylic acid groups (broad SMARTS) is 1. The first kappa shape index (κ1) is 15.1. The third-order valence-corrected chi connectivity index (χ3v) is 4.23. The van der Waals surface area contributed by atoms with Crippen molar-refractivity contribution in [3.63, 3.8) is 0 Å². The molecule has 1 saturated carbocycles. The van der Waals surface area contributed by atoms with E-state index in [1.807, 2.05) is 0 Å². The predicted octanol–water partition coefficient (Wildman–Crippen LogP) is 2.14. The van der Waals surface area contributed by atoms with Crippen LogP contribution in [0.15, 0.2) is 5.16 Å². The summed E-state index contributed by atoms with van der Waals surface area (Å²) in [5.41, 5.74) is 0. The zero-order valence-corrected chi connectivity index (χ0v) is 11.2. The lowest BCUT2D eigenvalue weighted by Crippen LogP contribution is -2.32. The van der Waals surface area contributed by atoms with Crippen LogP contribution in [-0.4, -0.2) is 43.2 Å². The Kier molecular flexibility index (Phi) is 4.51. The predicted molar refractivity (Wildman–Crippen MR) is 63.2 cm³/mol. The maximum Gasteiger partial charge on any atom is 0.403 e. The van der Waals surface area contributed by atoms with Crippen LogP contribution in [0.2, 0.25) is 0 Å². The molecule has 1 aromatic heterocycles. The Bertz CT molecular complexity index is 473. The number of tetrazole rings is 1. The molecule has 10 heteroatoms. The average Bonchev–Trinajstić information content (AvgIpc) is 2.95. The molecule has 112 valence electrons. The third-order valence-electron chi connectivity index (χ3n) is 3.21. The standard InChI is InChI=1S/C10H13F3N4O2S/c11-10(12,13)7(8(18)19)5-20-9-14-15-16-17(9)6-3-1-2-4-6/h6-7H,1-5H2,(H,18,19). The fourth-order valence-electron chi connectivity index (χ4n) is 2.12. The monoisotopic (exact) mass is 310 g/mol. The van der Waals surface area contributed by atoms with E-state index in [2.05, 4.69) is 15.5 Å². The molecule has 6 nitrogen and oxygen atoms in total. The maximum atomic E-state index is 12.5. The van der Waals surface area contributed by atoms with Gasteiger partial charge in [-0.15, -0.1) is 5.10 Å². The van der Waals surface area contributed by atoms with Crippen LogP contribution in [0.3, 0.4) is 0 Å². The van der Waals surface area contributed by atoms with Gasteiger partial charge in [-0.3, -0.25) is 4.79 Å². The van der Waals surface area contributed by atoms with E-state index in [9.17, 15) is 18.0 Å². The summed E-state index contributed by atoms with van der Waals surface area (Å²) in [7, 11) is 0. The maximum absolute atomic E-state index is 12.5. The van der Waals surface area contributed by atoms with Gasteiger partial charge in [0.2, 0.25) is 5.16 Å². The number of nitrogens with zero attached hydrogens (tertiary/aromatic N) is 4. The van der Waals surface area contributed by atoms with Gasteiger partial charge in [0.05, 0.1) is 6.04 Å². The highest BCUT2D eigenvalue weighted by atomic mass is 32.2. The van der Waals surface area contributed by atoms with E-state index in [1.54, 1.807) is 0 Å². The Labute approximate surface area is 116 Å². The normalized spacial score (nSPS) is 18.4. The van der Waals surface area contributed by atoms with Crippen molar-refractivity contribution < 1.29 is 23.1 Å². The Morgan fingerprint density at radius 1 is 1.45 bits per heavy atom. The van der Waals surface area contributed by atoms with Crippen molar-refractivity contribution in [3.05, 3.63) is 0 Å². The summed E-state index contributed by atoms with van der Waals surface area (Å²) in [4.78, 5) is 10.7. The van der Waals surface area contributed by atoms with Crippen molar-refractivity contribution in [2.45, 2.75) is 43.1 Å². The number of carbonyl (C=O) groups is 1. The molecule has 0 radical (unpaired) electrons. The van der Waals surface area contributed by atoms with Crippen LogP contribution < -0.4 is 0 Å². The van der Waals surface area contributed by atoms with Gasteiger partial charge in [-0.2, -0.15) is 13.2 Å². The molecule has 1 heterocycles. The number of halogens is 3. The first-order chi connectivity index (χ1) is 9.39. The molecule has 0 amide bonds. The summed E-state index contributed by atoms with van der Waals surface area (Å²) in [6, 6.07) is 0.0988. The zero-order chi connectivity index (χ0) is 14.8. The van der Waals surface area contributed by atoms with Crippen LogP contribution >= 0.6 is 11.8 Å². The van der Waals surface area contributed by atoms with Crippen LogP contribution in [-0.2, 0) is 4.79 Å². The van der Waals surface area contributed by atoms with Crippen molar-refractivity contribution in [3.8, 4) is 0 Å². The van der Waals surface area contributed by atoms with Crippen molar-refractivity contribution in [2.75, 3.05) is 5.75 Å². The number of alkyl halides is 3. The Morgan fingerprint density at radius 2 is 2.10 bits per heavy atom. The lowest BCUT2D eigenvalue weighted by atomic mass is 10.2. The summed E-state index contributed by atoms with van der Waals surface area (Å²) in [5.74, 6) is -4.93. The number of hydrogen-bond acceptors (Lipinski definition) is 5. The SMILES string of the molecule is O=C(O)C(CSc1nnnn1C1CCCC1)C(F)(F)F. The number of rotatable bonds is 5. The van der Waals surface area contributed by atoms with Gasteiger partial charge in [-0.25, -0.2) is 4.68 Å². The average molecular weight is 310 g/mol. The van der Waals surface area contributed by atoms with Gasteiger partial charge >= 0.3 is 12.1 Å². The van der Waals surface area contributed by atoms with E-state index in [-0.39, 0.29) is 11.2 Å². The van der Waals surface area contributed by atoms with Crippen LogP contribution in [0.5, 0.6) is 0 Å². The molecule has 1 fully saturated rings. The second kappa shape index (κ2) is 5.98. The van der Waals surface area contributed by atoms with Crippen LogP contribution in [0, 0.1) is 5.92 Å². The van der Waals surface area contributed by atoms with Crippen molar-refractivity contribution in [1.82, 2.24) is 20.2 Å². The smallest absolute Gasteiger partial charge is 0.403 e. The largest absolute Gasteiger partial charge is 0.481 e. The molecule has 0 aliphatic heterocycles. The molecule has 20 heavy (non-hydrogen) atoms. The second-order valence-electron chi connectivity index (χ2n) is 4.59. The van der Waals surface area contributed by atoms with Crippen molar-refractivity contribution in [1.29, 1.82) is 0 Å². The van der Waals surface area contributed by atoms with E-state index in [1.165, 1.54) is 4.68 Å². The van der Waals surface area contributed by atoms with E-state index in [4.69, 9.17) is 5.11 Å². The number of aliphatic carboxylic acids is 1. The highest BCUT2D eigenvalue weighted by molar-refractivity contribution is 7.99. The number of aromatic nitrogens is 4. The van der Waals surface area contributed by atoms with E-state index >= 15 is 0 Å². The van der Waals surface area contributed by atoms with Gasteiger partial charge < -0.3 is 5.11 Å². The zero-order valence-electron chi connectivity index (χ0n) is 10.4. The molecule has 0 spiro atoms. The molecule has 0 bridgehead atoms. The molecule has 1 atom stereocenters. The minimum absolute atomic E-state index is 0.0988. The summed E-state index contributed by atoms with van der Waals surface area (Å²) >= 11 is 0.730. The first-order valence-corrected chi connectivity index (χ1v) is 7.08. The number of hydrogen-bond donors (Lipinski definition) is 1. The summed E-state index contributed by atoms with van der Waals surface area (Å²) in [6.45, 7) is 0. The molecule has 1 aliphatic rings. The number of thioether (sulfide) groups is 1. The highest BCUT2D eigenvalue weighted by Gasteiger charge is 2.45. The van der Waals surface area contributed by atoms with E-state index < -0.39 is 23.8 Å². The second-order valence-corrected chi connectivity index (χ2v) is 5.57. The lowest BCUT2D eigenvalue weighted by molar-refractivity contribution is -0.188. The lowest BCUT2D eigenvalue weighted by Gasteiger charge is -2.16. The molecule has 0 aromatic carbocycles. The van der Waals surface area contributed by atoms with E-state index in [0.717, 1.165) is 37.4 Å². The molecule has 1 unspecified atom stereocenters. The molecule has 1 aromatic rings. The molecule has 0 saturated heterocycles. The summed E-state index contributed by atoms with van der Waals surface area (Å²) in [6.07, 6.45) is -0.922. The van der Waals surface area contributed by atoms with Gasteiger partial charge in [0.25, 0.3) is 0 Å². The third kappa shape index (κ3) is 3.41. The summed E-state index contributed by atoms with van der Waals surface area (Å²) in [5, 5.41) is 19.8. The topological polar surface area (TPSA) is 80.9 Å². The van der Waals surface area contributed by atoms with Gasteiger partial charge in [-0.05, 0) is 23.3 Å². The minimum atomic E-state index is -4.77. The van der Waals surface area contributed by atoms with Crippen molar-refractivity contribution in [2.24, 2.45) is 5.92 Å². The molecular formula is C10H13F3N4O2S. The van der Waals surface area contributed by atoms with Gasteiger partial charge in [-0.1, -0.05) is 24.6 Å². The Morgan fingerprint density at radius 3 is 2.65 bits per heavy atom. The summed E-state index contributed by atoms with van der Waals surface area (Å²) < 4.78 is 39.2. The molecular weight excluding hydrogens is 297 g/mol. The van der Waals surface area contributed by atoms with Crippen LogP contribution in [0.4, 0.5) is 13.2 Å². The fraction of sp³-hybridized carbons (Fsp3) is 0.800. The van der Waals surface area contributed by atoms with E-state index in [0.29, 0.717) is 0 Å². The fourth-order valence-corrected chi connectivity index (χ4v) is 3.18. The highest BCUT2D eigenvalue weighted by Crippen LogP contribution is 2.34. The minimum Gasteiger partial charge on any atom is -0.481 e. The van der Waals surface area contributed by atoms with Crippen LogP contribution in [0.1, 0.15) is 31.7 Å². The number of carboxylic acids is 1. The van der Waals surface area contributed by atoms with Gasteiger partial charge in [0.15, 0.2) is 5.92 Å². The Hall–Kier alpha value is -1.32.